The summed E-state index contributed by atoms with van der Waals surface area (Å²) in [6.07, 6.45) is 1.29. The summed E-state index contributed by atoms with van der Waals surface area (Å²) in [5, 5.41) is 4.11. The zero-order chi connectivity index (χ0) is 22.5. The molecule has 1 aromatic heterocycles. The third-order valence-electron chi connectivity index (χ3n) is 6.00. The molecule has 0 radical (unpaired) electrons. The normalized spacial score (nSPS) is 14.8. The van der Waals surface area contributed by atoms with Crippen molar-refractivity contribution in [3.63, 3.8) is 0 Å². The van der Waals surface area contributed by atoms with Crippen molar-refractivity contribution in [2.24, 2.45) is 5.92 Å². The van der Waals surface area contributed by atoms with Crippen molar-refractivity contribution in [1.29, 1.82) is 0 Å². The van der Waals surface area contributed by atoms with Gasteiger partial charge in [-0.1, -0.05) is 67.5 Å². The Labute approximate surface area is 190 Å². The molecule has 0 saturated carbocycles. The summed E-state index contributed by atoms with van der Waals surface area (Å²) >= 11 is 0. The summed E-state index contributed by atoms with van der Waals surface area (Å²) in [4.78, 5) is 21.6. The lowest BCUT2D eigenvalue weighted by atomic mass is 10.1. The molecule has 1 saturated heterocycles. The number of hydrogen-bond acceptors (Lipinski definition) is 5. The predicted octanol–water partition coefficient (Wildman–Crippen LogP) is 4.13. The van der Waals surface area contributed by atoms with Crippen LogP contribution in [0, 0.1) is 12.8 Å². The number of aromatic nitrogens is 2. The van der Waals surface area contributed by atoms with Gasteiger partial charge in [0.2, 0.25) is 17.6 Å². The van der Waals surface area contributed by atoms with Gasteiger partial charge in [-0.15, -0.1) is 0 Å². The third-order valence-corrected chi connectivity index (χ3v) is 6.00. The Morgan fingerprint density at radius 1 is 1.03 bits per heavy atom. The van der Waals surface area contributed by atoms with Crippen LogP contribution in [0.25, 0.3) is 11.4 Å². The van der Waals surface area contributed by atoms with Gasteiger partial charge in [0.1, 0.15) is 0 Å². The molecular weight excluding hydrogens is 400 g/mol. The van der Waals surface area contributed by atoms with Gasteiger partial charge in [-0.25, -0.2) is 0 Å². The monoisotopic (exact) mass is 432 g/mol. The minimum absolute atomic E-state index is 0.222. The molecular formula is C26H32N4O2. The summed E-state index contributed by atoms with van der Waals surface area (Å²) in [5.41, 5.74) is 4.52. The fourth-order valence-electron chi connectivity index (χ4n) is 4.06. The molecule has 0 aliphatic carbocycles. The molecule has 0 bridgehead atoms. The van der Waals surface area contributed by atoms with Crippen LogP contribution in [0.4, 0.5) is 0 Å². The van der Waals surface area contributed by atoms with Crippen LogP contribution >= 0.6 is 0 Å². The smallest absolute Gasteiger partial charge is 0.227 e. The number of rotatable bonds is 7. The molecule has 168 valence electrons. The second-order valence-corrected chi connectivity index (χ2v) is 9.07. The molecule has 1 fully saturated rings. The quantitative estimate of drug-likeness (QED) is 0.562. The van der Waals surface area contributed by atoms with Gasteiger partial charge in [0, 0.05) is 44.7 Å². The zero-order valence-electron chi connectivity index (χ0n) is 19.3. The van der Waals surface area contributed by atoms with E-state index in [1.165, 1.54) is 11.1 Å². The molecule has 4 rings (SSSR count). The Bertz CT molecular complexity index is 1030. The number of carbonyl (C=O) groups is 1. The molecule has 1 aliphatic heterocycles. The molecule has 0 N–H and O–H groups in total. The second kappa shape index (κ2) is 10.1. The van der Waals surface area contributed by atoms with Gasteiger partial charge in [0.25, 0.3) is 0 Å². The molecule has 0 spiro atoms. The topological polar surface area (TPSA) is 62.5 Å². The number of carbonyl (C=O) groups excluding carboxylic acids is 1. The van der Waals surface area contributed by atoms with Crippen LogP contribution in [0.2, 0.25) is 0 Å². The Hall–Kier alpha value is -2.99. The number of hydrogen-bond donors (Lipinski definition) is 0. The van der Waals surface area contributed by atoms with Crippen LogP contribution in [-0.2, 0) is 24.2 Å². The van der Waals surface area contributed by atoms with Gasteiger partial charge in [0.05, 0.1) is 6.42 Å². The highest BCUT2D eigenvalue weighted by Crippen LogP contribution is 2.19. The number of amides is 1. The molecule has 6 nitrogen and oxygen atoms in total. The Balaban J connectivity index is 1.27. The molecule has 2 aromatic carbocycles. The van der Waals surface area contributed by atoms with Gasteiger partial charge in [-0.3, -0.25) is 9.69 Å². The van der Waals surface area contributed by atoms with Crippen molar-refractivity contribution in [1.82, 2.24) is 19.9 Å². The van der Waals surface area contributed by atoms with Gasteiger partial charge < -0.3 is 9.42 Å². The third kappa shape index (κ3) is 5.62. The van der Waals surface area contributed by atoms with Crippen LogP contribution in [0.15, 0.2) is 53.1 Å². The predicted molar refractivity (Wildman–Crippen MR) is 125 cm³/mol. The Morgan fingerprint density at radius 3 is 2.44 bits per heavy atom. The zero-order valence-corrected chi connectivity index (χ0v) is 19.3. The van der Waals surface area contributed by atoms with E-state index < -0.39 is 0 Å². The molecule has 32 heavy (non-hydrogen) atoms. The Kier molecular flexibility index (Phi) is 7.00. The summed E-state index contributed by atoms with van der Waals surface area (Å²) < 4.78 is 5.35. The standard InChI is InChI=1S/C26H32N4O2/c1-19(2)16-24-27-26(28-32-24)22-10-8-21(9-11-22)18-29-12-14-30(15-13-29)25(31)17-23-7-5-4-6-20(23)3/h4-11,19H,12-18H2,1-3H3. The fraction of sp³-hybridized carbons (Fsp3) is 0.423. The SMILES string of the molecule is Cc1ccccc1CC(=O)N1CCN(Cc2ccc(-c3noc(CC(C)C)n3)cc2)CC1. The molecule has 0 unspecified atom stereocenters. The lowest BCUT2D eigenvalue weighted by Crippen LogP contribution is -2.48. The van der Waals surface area contributed by atoms with Crippen molar-refractivity contribution < 1.29 is 9.32 Å². The van der Waals surface area contributed by atoms with Crippen molar-refractivity contribution in [3.05, 3.63) is 71.1 Å². The lowest BCUT2D eigenvalue weighted by Gasteiger charge is -2.35. The van der Waals surface area contributed by atoms with Gasteiger partial charge in [0.15, 0.2) is 0 Å². The summed E-state index contributed by atoms with van der Waals surface area (Å²) in [7, 11) is 0. The van der Waals surface area contributed by atoms with E-state index in [4.69, 9.17) is 4.52 Å². The van der Waals surface area contributed by atoms with Gasteiger partial charge >= 0.3 is 0 Å². The van der Waals surface area contributed by atoms with Crippen LogP contribution in [0.5, 0.6) is 0 Å². The number of aryl methyl sites for hydroxylation is 1. The van der Waals surface area contributed by atoms with Gasteiger partial charge in [-0.2, -0.15) is 4.98 Å². The highest BCUT2D eigenvalue weighted by atomic mass is 16.5. The Morgan fingerprint density at radius 2 is 1.75 bits per heavy atom. The molecule has 1 amide bonds. The first-order chi connectivity index (χ1) is 15.5. The largest absolute Gasteiger partial charge is 0.340 e. The minimum atomic E-state index is 0.222. The maximum Gasteiger partial charge on any atom is 0.227 e. The lowest BCUT2D eigenvalue weighted by molar-refractivity contribution is -0.132. The van der Waals surface area contributed by atoms with Crippen LogP contribution in [-0.4, -0.2) is 52.0 Å². The molecule has 1 aliphatic rings. The van der Waals surface area contributed by atoms with E-state index in [1.54, 1.807) is 0 Å². The molecule has 3 aromatic rings. The van der Waals surface area contributed by atoms with E-state index in [2.05, 4.69) is 66.1 Å². The fourth-order valence-corrected chi connectivity index (χ4v) is 4.06. The van der Waals surface area contributed by atoms with E-state index in [9.17, 15) is 4.79 Å². The van der Waals surface area contributed by atoms with E-state index in [1.807, 2.05) is 23.1 Å². The first-order valence-electron chi connectivity index (χ1n) is 11.4. The highest BCUT2D eigenvalue weighted by molar-refractivity contribution is 5.79. The first kappa shape index (κ1) is 22.2. The van der Waals surface area contributed by atoms with E-state index in [0.29, 0.717) is 24.1 Å². The van der Waals surface area contributed by atoms with E-state index >= 15 is 0 Å². The highest BCUT2D eigenvalue weighted by Gasteiger charge is 2.21. The average molecular weight is 433 g/mol. The minimum Gasteiger partial charge on any atom is -0.340 e. The van der Waals surface area contributed by atoms with E-state index in [-0.39, 0.29) is 5.91 Å². The van der Waals surface area contributed by atoms with Crippen LogP contribution < -0.4 is 0 Å². The van der Waals surface area contributed by atoms with Crippen molar-refractivity contribution in [3.8, 4) is 11.4 Å². The van der Waals surface area contributed by atoms with Crippen molar-refractivity contribution >= 4 is 5.91 Å². The molecule has 6 heteroatoms. The van der Waals surface area contributed by atoms with Crippen molar-refractivity contribution in [2.75, 3.05) is 26.2 Å². The second-order valence-electron chi connectivity index (χ2n) is 9.07. The summed E-state index contributed by atoms with van der Waals surface area (Å²) in [6, 6.07) is 16.5. The van der Waals surface area contributed by atoms with E-state index in [0.717, 1.165) is 50.3 Å². The first-order valence-corrected chi connectivity index (χ1v) is 11.4. The van der Waals surface area contributed by atoms with Crippen LogP contribution in [0.3, 0.4) is 0 Å². The average Bonchev–Trinajstić information content (AvgIpc) is 3.24. The van der Waals surface area contributed by atoms with Crippen molar-refractivity contribution in [2.45, 2.75) is 40.2 Å². The summed E-state index contributed by atoms with van der Waals surface area (Å²) in [5.74, 6) is 2.05. The van der Waals surface area contributed by atoms with Crippen LogP contribution in [0.1, 0.15) is 36.4 Å². The maximum atomic E-state index is 12.7. The number of piperazine rings is 1. The van der Waals surface area contributed by atoms with Gasteiger partial charge in [-0.05, 0) is 29.5 Å². The number of benzene rings is 2. The molecule has 2 heterocycles. The summed E-state index contributed by atoms with van der Waals surface area (Å²) in [6.45, 7) is 10.6. The number of nitrogens with zero attached hydrogens (tertiary/aromatic N) is 4. The maximum absolute atomic E-state index is 12.7. The molecule has 0 atom stereocenters.